The third-order valence-corrected chi connectivity index (χ3v) is 5.56. The third kappa shape index (κ3) is 7.00. The maximum atomic E-state index is 12.0. The zero-order valence-electron chi connectivity index (χ0n) is 13.3. The Kier molecular flexibility index (Phi) is 7.91. The molecule has 0 aromatic heterocycles. The van der Waals surface area contributed by atoms with E-state index in [0.717, 1.165) is 50.8 Å². The summed E-state index contributed by atoms with van der Waals surface area (Å²) in [6, 6.07) is 21.1. The van der Waals surface area contributed by atoms with E-state index in [1.807, 2.05) is 0 Å². The highest BCUT2D eigenvalue weighted by Gasteiger charge is 2.13. The van der Waals surface area contributed by atoms with Crippen LogP contribution in [-0.2, 0) is 17.4 Å². The van der Waals surface area contributed by atoms with Crippen LogP contribution in [0.2, 0.25) is 0 Å². The second-order valence-electron chi connectivity index (χ2n) is 5.81. The predicted molar refractivity (Wildman–Crippen MR) is 96.1 cm³/mol. The minimum absolute atomic E-state index is 0.896. The zero-order valence-corrected chi connectivity index (χ0v) is 14.2. The molecule has 1 nitrogen and oxygen atoms in total. The summed E-state index contributed by atoms with van der Waals surface area (Å²) in [5.74, 6) is 0. The maximum Gasteiger partial charge on any atom is 0.338 e. The molecule has 0 bridgehead atoms. The fourth-order valence-electron chi connectivity index (χ4n) is 2.64. The van der Waals surface area contributed by atoms with Crippen molar-refractivity contribution in [1.82, 2.24) is 0 Å². The van der Waals surface area contributed by atoms with Crippen LogP contribution in [0.1, 0.15) is 36.8 Å². The van der Waals surface area contributed by atoms with E-state index in [9.17, 15) is 4.57 Å². The Labute approximate surface area is 135 Å². The minimum atomic E-state index is -0.992. The summed E-state index contributed by atoms with van der Waals surface area (Å²) >= 11 is 0. The molecule has 0 radical (unpaired) electrons. The molecular formula is C20H26OP+. The quantitative estimate of drug-likeness (QED) is 0.396. The molecule has 0 aliphatic heterocycles. The summed E-state index contributed by atoms with van der Waals surface area (Å²) in [6.45, 7) is 0. The molecule has 0 saturated carbocycles. The fraction of sp³-hybridized carbons (Fsp3) is 0.400. The van der Waals surface area contributed by atoms with Crippen LogP contribution in [0.25, 0.3) is 0 Å². The largest absolute Gasteiger partial charge is 0.338 e. The molecule has 0 N–H and O–H groups in total. The van der Waals surface area contributed by atoms with Crippen LogP contribution in [0.3, 0.4) is 0 Å². The SMILES string of the molecule is O=[P+](CCCCc1ccccc1)CCCCc1ccccc1. The zero-order chi connectivity index (χ0) is 15.5. The molecule has 0 atom stereocenters. The summed E-state index contributed by atoms with van der Waals surface area (Å²) in [4.78, 5) is 0. The average molecular weight is 313 g/mol. The van der Waals surface area contributed by atoms with E-state index >= 15 is 0 Å². The topological polar surface area (TPSA) is 17.1 Å². The van der Waals surface area contributed by atoms with Gasteiger partial charge < -0.3 is 0 Å². The standard InChI is InChI=1S/C20H26OP/c21-22(17-9-7-15-19-11-3-1-4-12-19)18-10-8-16-20-13-5-2-6-14-20/h1-6,11-14H,7-10,15-18H2/q+1. The van der Waals surface area contributed by atoms with Gasteiger partial charge in [-0.1, -0.05) is 65.2 Å². The van der Waals surface area contributed by atoms with Crippen molar-refractivity contribution in [3.05, 3.63) is 71.8 Å². The van der Waals surface area contributed by atoms with Crippen LogP contribution < -0.4 is 0 Å². The first-order valence-electron chi connectivity index (χ1n) is 8.34. The first-order valence-corrected chi connectivity index (χ1v) is 9.97. The maximum absolute atomic E-state index is 12.0. The van der Waals surface area contributed by atoms with E-state index in [4.69, 9.17) is 0 Å². The van der Waals surface area contributed by atoms with Gasteiger partial charge in [0.25, 0.3) is 0 Å². The molecule has 2 aromatic carbocycles. The molecule has 0 fully saturated rings. The Bertz CT molecular complexity index is 487. The van der Waals surface area contributed by atoms with E-state index < -0.39 is 7.80 Å². The van der Waals surface area contributed by atoms with Crippen LogP contribution in [0.5, 0.6) is 0 Å². The van der Waals surface area contributed by atoms with Crippen molar-refractivity contribution in [3.63, 3.8) is 0 Å². The van der Waals surface area contributed by atoms with Crippen molar-refractivity contribution < 1.29 is 4.57 Å². The van der Waals surface area contributed by atoms with Gasteiger partial charge in [-0.15, -0.1) is 0 Å². The third-order valence-electron chi connectivity index (χ3n) is 3.93. The highest BCUT2D eigenvalue weighted by Crippen LogP contribution is 2.24. The molecule has 22 heavy (non-hydrogen) atoms. The van der Waals surface area contributed by atoms with Crippen LogP contribution in [0.4, 0.5) is 0 Å². The summed E-state index contributed by atoms with van der Waals surface area (Å²) in [5, 5.41) is 0. The molecule has 0 aliphatic rings. The van der Waals surface area contributed by atoms with Crippen molar-refractivity contribution in [2.24, 2.45) is 0 Å². The van der Waals surface area contributed by atoms with Gasteiger partial charge >= 0.3 is 7.80 Å². The lowest BCUT2D eigenvalue weighted by Gasteiger charge is -1.99. The normalized spacial score (nSPS) is 10.5. The summed E-state index contributed by atoms with van der Waals surface area (Å²) < 4.78 is 12.0. The highest BCUT2D eigenvalue weighted by atomic mass is 31.1. The lowest BCUT2D eigenvalue weighted by Crippen LogP contribution is -1.90. The molecule has 0 aliphatic carbocycles. The molecule has 2 rings (SSSR count). The fourth-order valence-corrected chi connectivity index (χ4v) is 4.01. The van der Waals surface area contributed by atoms with E-state index in [0.29, 0.717) is 0 Å². The molecule has 0 saturated heterocycles. The van der Waals surface area contributed by atoms with E-state index in [1.54, 1.807) is 0 Å². The Morgan fingerprint density at radius 3 is 1.41 bits per heavy atom. The Morgan fingerprint density at radius 2 is 1.00 bits per heavy atom. The summed E-state index contributed by atoms with van der Waals surface area (Å²) in [7, 11) is -0.992. The van der Waals surface area contributed by atoms with E-state index in [2.05, 4.69) is 60.7 Å². The Balaban J connectivity index is 1.49. The van der Waals surface area contributed by atoms with Crippen molar-refractivity contribution in [2.75, 3.05) is 12.3 Å². The second-order valence-corrected chi connectivity index (χ2v) is 7.67. The van der Waals surface area contributed by atoms with Crippen LogP contribution in [-0.4, -0.2) is 12.3 Å². The van der Waals surface area contributed by atoms with Crippen LogP contribution >= 0.6 is 7.80 Å². The lowest BCUT2D eigenvalue weighted by atomic mass is 10.1. The second kappa shape index (κ2) is 10.3. The van der Waals surface area contributed by atoms with Crippen LogP contribution in [0, 0.1) is 0 Å². The van der Waals surface area contributed by atoms with Crippen LogP contribution in [0.15, 0.2) is 60.7 Å². The number of benzene rings is 2. The molecule has 116 valence electrons. The highest BCUT2D eigenvalue weighted by molar-refractivity contribution is 7.44. The number of rotatable bonds is 10. The van der Waals surface area contributed by atoms with Gasteiger partial charge in [0.1, 0.15) is 12.3 Å². The molecule has 0 amide bonds. The average Bonchev–Trinajstić information content (AvgIpc) is 2.57. The van der Waals surface area contributed by atoms with Crippen molar-refractivity contribution in [3.8, 4) is 0 Å². The van der Waals surface area contributed by atoms with Crippen molar-refractivity contribution in [1.29, 1.82) is 0 Å². The van der Waals surface area contributed by atoms with Gasteiger partial charge in [-0.05, 0) is 49.7 Å². The van der Waals surface area contributed by atoms with Gasteiger partial charge in [0, 0.05) is 0 Å². The number of unbranched alkanes of at least 4 members (excludes halogenated alkanes) is 2. The van der Waals surface area contributed by atoms with E-state index in [-0.39, 0.29) is 0 Å². The first kappa shape index (κ1) is 16.9. The molecule has 2 heteroatoms. The Morgan fingerprint density at radius 1 is 0.591 bits per heavy atom. The first-order chi connectivity index (χ1) is 10.8. The molecule has 2 aromatic rings. The van der Waals surface area contributed by atoms with Crippen molar-refractivity contribution >= 4 is 7.80 Å². The lowest BCUT2D eigenvalue weighted by molar-refractivity contribution is 0.582. The van der Waals surface area contributed by atoms with E-state index in [1.165, 1.54) is 11.1 Å². The molecule has 0 spiro atoms. The smallest absolute Gasteiger partial charge is 0.0748 e. The number of aryl methyl sites for hydroxylation is 2. The number of hydrogen-bond donors (Lipinski definition) is 0. The predicted octanol–water partition coefficient (Wildman–Crippen LogP) is 5.86. The minimum Gasteiger partial charge on any atom is -0.0748 e. The summed E-state index contributed by atoms with van der Waals surface area (Å²) in [6.07, 6.45) is 8.48. The summed E-state index contributed by atoms with van der Waals surface area (Å²) in [5.41, 5.74) is 2.78. The van der Waals surface area contributed by atoms with Gasteiger partial charge in [0.2, 0.25) is 0 Å². The van der Waals surface area contributed by atoms with Crippen molar-refractivity contribution in [2.45, 2.75) is 38.5 Å². The Hall–Kier alpha value is -1.46. The number of hydrogen-bond acceptors (Lipinski definition) is 1. The molecule has 0 heterocycles. The van der Waals surface area contributed by atoms with Gasteiger partial charge in [-0.2, -0.15) is 0 Å². The van der Waals surface area contributed by atoms with Gasteiger partial charge in [-0.25, -0.2) is 0 Å². The van der Waals surface area contributed by atoms with Gasteiger partial charge in [0.15, 0.2) is 0 Å². The molecular weight excluding hydrogens is 287 g/mol. The molecule has 0 unspecified atom stereocenters. The van der Waals surface area contributed by atoms with Gasteiger partial charge in [-0.3, -0.25) is 0 Å². The van der Waals surface area contributed by atoms with Gasteiger partial charge in [0.05, 0.1) is 0 Å². The monoisotopic (exact) mass is 313 g/mol.